The first-order valence-electron chi connectivity index (χ1n) is 3.70. The summed E-state index contributed by atoms with van der Waals surface area (Å²) in [5, 5.41) is 4.02. The Bertz CT molecular complexity index is 480. The van der Waals surface area contributed by atoms with Crippen molar-refractivity contribution in [2.24, 2.45) is 7.05 Å². The Balaban J connectivity index is 2.98. The van der Waals surface area contributed by atoms with Gasteiger partial charge in [-0.1, -0.05) is 6.07 Å². The molecule has 0 saturated carbocycles. The molecule has 0 unspecified atom stereocenters. The van der Waals surface area contributed by atoms with Crippen LogP contribution in [-0.2, 0) is 7.05 Å². The largest absolute Gasteiger partial charge is 0.350 e. The fourth-order valence-corrected chi connectivity index (χ4v) is 1.19. The van der Waals surface area contributed by atoms with Gasteiger partial charge in [-0.25, -0.2) is 9.48 Å². The molecule has 2 aromatic rings. The van der Waals surface area contributed by atoms with Crippen molar-refractivity contribution in [1.82, 2.24) is 14.2 Å². The fourth-order valence-electron chi connectivity index (χ4n) is 1.19. The number of rotatable bonds is 0. The molecule has 2 rings (SSSR count). The molecule has 0 fully saturated rings. The number of aryl methyl sites for hydroxylation is 2. The van der Waals surface area contributed by atoms with Crippen LogP contribution in [0.15, 0.2) is 23.1 Å². The van der Waals surface area contributed by atoms with Crippen LogP contribution in [-0.4, -0.2) is 14.2 Å². The van der Waals surface area contributed by atoms with Gasteiger partial charge >= 0.3 is 5.69 Å². The van der Waals surface area contributed by atoms with Crippen molar-refractivity contribution in [2.45, 2.75) is 6.92 Å². The van der Waals surface area contributed by atoms with E-state index in [1.165, 1.54) is 9.08 Å². The third-order valence-corrected chi connectivity index (χ3v) is 1.81. The van der Waals surface area contributed by atoms with Gasteiger partial charge in [-0.3, -0.25) is 4.40 Å². The van der Waals surface area contributed by atoms with Crippen molar-refractivity contribution in [2.75, 3.05) is 0 Å². The minimum atomic E-state index is -0.103. The van der Waals surface area contributed by atoms with Crippen LogP contribution >= 0.6 is 0 Å². The smallest absolute Gasteiger partial charge is 0.250 e. The van der Waals surface area contributed by atoms with Crippen LogP contribution in [0.5, 0.6) is 0 Å². The van der Waals surface area contributed by atoms with E-state index in [4.69, 9.17) is 0 Å². The van der Waals surface area contributed by atoms with E-state index in [-0.39, 0.29) is 5.69 Å². The molecule has 0 bridgehead atoms. The van der Waals surface area contributed by atoms with Gasteiger partial charge in [-0.15, -0.1) is 0 Å². The van der Waals surface area contributed by atoms with Gasteiger partial charge in [0, 0.05) is 13.2 Å². The third kappa shape index (κ3) is 0.845. The van der Waals surface area contributed by atoms with Crippen LogP contribution in [0.3, 0.4) is 0 Å². The van der Waals surface area contributed by atoms with E-state index in [1.54, 1.807) is 13.2 Å². The highest BCUT2D eigenvalue weighted by molar-refractivity contribution is 5.37. The fraction of sp³-hybridized carbons (Fsp3) is 0.250. The highest BCUT2D eigenvalue weighted by Gasteiger charge is 2.01. The Morgan fingerprint density at radius 1 is 1.42 bits per heavy atom. The average molecular weight is 163 g/mol. The van der Waals surface area contributed by atoms with E-state index in [0.717, 1.165) is 5.56 Å². The van der Waals surface area contributed by atoms with E-state index in [0.29, 0.717) is 5.65 Å². The van der Waals surface area contributed by atoms with Crippen LogP contribution < -0.4 is 5.69 Å². The van der Waals surface area contributed by atoms with Crippen LogP contribution in [0.25, 0.3) is 5.65 Å². The summed E-state index contributed by atoms with van der Waals surface area (Å²) in [5.41, 5.74) is 1.64. The molecule has 0 atom stereocenters. The zero-order valence-corrected chi connectivity index (χ0v) is 6.98. The lowest BCUT2D eigenvalue weighted by Crippen LogP contribution is -2.17. The molecule has 0 aliphatic carbocycles. The molecular formula is C8H9N3O. The monoisotopic (exact) mass is 163 g/mol. The third-order valence-electron chi connectivity index (χ3n) is 1.81. The Morgan fingerprint density at radius 3 is 2.92 bits per heavy atom. The highest BCUT2D eigenvalue weighted by atomic mass is 16.2. The summed E-state index contributed by atoms with van der Waals surface area (Å²) < 4.78 is 2.87. The molecule has 62 valence electrons. The zero-order valence-electron chi connectivity index (χ0n) is 6.98. The van der Waals surface area contributed by atoms with Gasteiger partial charge in [-0.2, -0.15) is 5.10 Å². The van der Waals surface area contributed by atoms with Crippen molar-refractivity contribution < 1.29 is 0 Å². The van der Waals surface area contributed by atoms with E-state index in [2.05, 4.69) is 5.10 Å². The van der Waals surface area contributed by atoms with Gasteiger partial charge in [-0.05, 0) is 18.6 Å². The highest BCUT2D eigenvalue weighted by Crippen LogP contribution is 1.99. The first-order valence-corrected chi connectivity index (χ1v) is 3.70. The van der Waals surface area contributed by atoms with Gasteiger partial charge in [0.2, 0.25) is 0 Å². The molecule has 0 spiro atoms. The summed E-state index contributed by atoms with van der Waals surface area (Å²) >= 11 is 0. The van der Waals surface area contributed by atoms with E-state index in [1.807, 2.05) is 19.1 Å². The predicted octanol–water partition coefficient (Wildman–Crippen LogP) is 0.341. The second-order valence-electron chi connectivity index (χ2n) is 2.84. The van der Waals surface area contributed by atoms with Crippen molar-refractivity contribution in [3.05, 3.63) is 34.4 Å². The van der Waals surface area contributed by atoms with Gasteiger partial charge < -0.3 is 0 Å². The Kier molecular flexibility index (Phi) is 1.30. The first-order chi connectivity index (χ1) is 5.68. The molecule has 0 amide bonds. The van der Waals surface area contributed by atoms with Gasteiger partial charge in [0.15, 0.2) is 5.65 Å². The number of nitrogens with zero attached hydrogens (tertiary/aromatic N) is 3. The second kappa shape index (κ2) is 2.20. The Hall–Kier alpha value is -1.58. The summed E-state index contributed by atoms with van der Waals surface area (Å²) in [6.45, 7) is 1.94. The molecule has 12 heavy (non-hydrogen) atoms. The Morgan fingerprint density at radius 2 is 2.17 bits per heavy atom. The molecule has 2 aromatic heterocycles. The van der Waals surface area contributed by atoms with Crippen LogP contribution in [0, 0.1) is 6.92 Å². The topological polar surface area (TPSA) is 39.3 Å². The lowest BCUT2D eigenvalue weighted by molar-refractivity contribution is 0.732. The second-order valence-corrected chi connectivity index (χ2v) is 2.84. The lowest BCUT2D eigenvalue weighted by atomic mass is 10.3. The summed E-state index contributed by atoms with van der Waals surface area (Å²) in [5.74, 6) is 0. The molecule has 4 heteroatoms. The average Bonchev–Trinajstić information content (AvgIpc) is 2.31. The normalized spacial score (nSPS) is 10.8. The minimum Gasteiger partial charge on any atom is -0.250 e. The minimum absolute atomic E-state index is 0.103. The maximum Gasteiger partial charge on any atom is 0.350 e. The zero-order chi connectivity index (χ0) is 8.72. The SMILES string of the molecule is Cc1ccc2nn(C)c(=O)n2c1. The molecule has 0 aromatic carbocycles. The first kappa shape index (κ1) is 7.09. The molecular weight excluding hydrogens is 154 g/mol. The van der Waals surface area contributed by atoms with Crippen molar-refractivity contribution in [3.63, 3.8) is 0 Å². The molecule has 4 nitrogen and oxygen atoms in total. The van der Waals surface area contributed by atoms with Crippen LogP contribution in [0.1, 0.15) is 5.56 Å². The van der Waals surface area contributed by atoms with Crippen LogP contribution in [0.4, 0.5) is 0 Å². The van der Waals surface area contributed by atoms with E-state index >= 15 is 0 Å². The number of hydrogen-bond acceptors (Lipinski definition) is 2. The van der Waals surface area contributed by atoms with Crippen molar-refractivity contribution in [1.29, 1.82) is 0 Å². The lowest BCUT2D eigenvalue weighted by Gasteiger charge is -1.90. The molecule has 0 saturated heterocycles. The standard InChI is InChI=1S/C8H9N3O/c1-6-3-4-7-9-10(2)8(12)11(7)5-6/h3-5H,1-2H3. The summed E-state index contributed by atoms with van der Waals surface area (Å²) in [4.78, 5) is 11.3. The summed E-state index contributed by atoms with van der Waals surface area (Å²) in [6, 6.07) is 3.76. The van der Waals surface area contributed by atoms with Crippen molar-refractivity contribution in [3.8, 4) is 0 Å². The molecule has 0 radical (unpaired) electrons. The maximum absolute atomic E-state index is 11.3. The quantitative estimate of drug-likeness (QED) is 0.562. The Labute approximate surface area is 69.1 Å². The van der Waals surface area contributed by atoms with Gasteiger partial charge in [0.05, 0.1) is 0 Å². The number of aromatic nitrogens is 3. The van der Waals surface area contributed by atoms with E-state index < -0.39 is 0 Å². The van der Waals surface area contributed by atoms with Gasteiger partial charge in [0.25, 0.3) is 0 Å². The van der Waals surface area contributed by atoms with E-state index in [9.17, 15) is 4.79 Å². The number of hydrogen-bond donors (Lipinski definition) is 0. The molecule has 0 aliphatic heterocycles. The van der Waals surface area contributed by atoms with Crippen molar-refractivity contribution >= 4 is 5.65 Å². The molecule has 0 aliphatic rings. The molecule has 2 heterocycles. The number of fused-ring (bicyclic) bond motifs is 1. The summed E-state index contributed by atoms with van der Waals surface area (Å²) in [6.07, 6.45) is 1.78. The van der Waals surface area contributed by atoms with Crippen LogP contribution in [0.2, 0.25) is 0 Å². The summed E-state index contributed by atoms with van der Waals surface area (Å²) in [7, 11) is 1.64. The van der Waals surface area contributed by atoms with Gasteiger partial charge in [0.1, 0.15) is 0 Å². The maximum atomic E-state index is 11.3. The molecule has 0 N–H and O–H groups in total. The predicted molar refractivity (Wildman–Crippen MR) is 45.2 cm³/mol. The number of pyridine rings is 1.